The maximum Gasteiger partial charge on any atom is 0.352 e. The summed E-state index contributed by atoms with van der Waals surface area (Å²) in [7, 11) is -3.95. The number of nitrogens with zero attached hydrogens (tertiary/aromatic N) is 1. The third-order valence-corrected chi connectivity index (χ3v) is 4.37. The van der Waals surface area contributed by atoms with E-state index in [9.17, 15) is 18.0 Å². The summed E-state index contributed by atoms with van der Waals surface area (Å²) >= 11 is 0. The Labute approximate surface area is 121 Å². The standard InChI is InChI=1S/C12H16N2O6S/c1-2-20-11(15)6-13-21(18,19)9-5-10(12(16)17)14(7-9)8-3-4-8/h5,7-8,13H,2-4,6H2,1H3,(H,16,17). The molecule has 0 atom stereocenters. The molecule has 1 fully saturated rings. The molecule has 0 radical (unpaired) electrons. The van der Waals surface area contributed by atoms with Crippen molar-refractivity contribution >= 4 is 22.0 Å². The van der Waals surface area contributed by atoms with Gasteiger partial charge in [-0.1, -0.05) is 0 Å². The molecule has 0 saturated heterocycles. The summed E-state index contributed by atoms with van der Waals surface area (Å²) in [6.07, 6.45) is 2.93. The van der Waals surface area contributed by atoms with Gasteiger partial charge in [-0.05, 0) is 25.8 Å². The van der Waals surface area contributed by atoms with E-state index >= 15 is 0 Å². The second kappa shape index (κ2) is 5.86. The predicted molar refractivity (Wildman–Crippen MR) is 71.5 cm³/mol. The lowest BCUT2D eigenvalue weighted by atomic mass is 10.4. The molecule has 1 heterocycles. The lowest BCUT2D eigenvalue weighted by Crippen LogP contribution is -2.30. The molecule has 21 heavy (non-hydrogen) atoms. The van der Waals surface area contributed by atoms with Crippen molar-refractivity contribution in [3.8, 4) is 0 Å². The molecular weight excluding hydrogens is 300 g/mol. The molecule has 0 bridgehead atoms. The fourth-order valence-electron chi connectivity index (χ4n) is 1.88. The molecule has 0 spiro atoms. The molecule has 1 aliphatic rings. The molecule has 1 aromatic rings. The summed E-state index contributed by atoms with van der Waals surface area (Å²) in [4.78, 5) is 22.1. The smallest absolute Gasteiger partial charge is 0.352 e. The van der Waals surface area contributed by atoms with E-state index in [1.54, 1.807) is 6.92 Å². The number of hydrogen-bond donors (Lipinski definition) is 2. The molecule has 0 amide bonds. The number of nitrogens with one attached hydrogen (secondary N) is 1. The molecule has 1 aliphatic carbocycles. The van der Waals surface area contributed by atoms with Gasteiger partial charge in [0.15, 0.2) is 0 Å². The number of carboxylic acid groups (broad SMARTS) is 1. The van der Waals surface area contributed by atoms with Gasteiger partial charge in [0.1, 0.15) is 17.1 Å². The fraction of sp³-hybridized carbons (Fsp3) is 0.500. The SMILES string of the molecule is CCOC(=O)CNS(=O)(=O)c1cc(C(=O)O)n(C2CC2)c1. The molecule has 2 N–H and O–H groups in total. The maximum atomic E-state index is 12.0. The molecule has 9 heteroatoms. The van der Waals surface area contributed by atoms with E-state index in [1.807, 2.05) is 0 Å². The summed E-state index contributed by atoms with van der Waals surface area (Å²) in [5.41, 5.74) is -0.0750. The summed E-state index contributed by atoms with van der Waals surface area (Å²) < 4.78 is 32.3. The number of carbonyl (C=O) groups is 2. The first-order chi connectivity index (χ1) is 9.85. The minimum absolute atomic E-state index is 0.0325. The highest BCUT2D eigenvalue weighted by molar-refractivity contribution is 7.89. The van der Waals surface area contributed by atoms with Gasteiger partial charge in [-0.15, -0.1) is 0 Å². The number of ether oxygens (including phenoxy) is 1. The van der Waals surface area contributed by atoms with Gasteiger partial charge < -0.3 is 14.4 Å². The van der Waals surface area contributed by atoms with Gasteiger partial charge in [-0.2, -0.15) is 4.72 Å². The molecule has 8 nitrogen and oxygen atoms in total. The van der Waals surface area contributed by atoms with Crippen molar-refractivity contribution in [3.05, 3.63) is 18.0 Å². The first-order valence-corrected chi connectivity index (χ1v) is 7.94. The number of sulfonamides is 1. The van der Waals surface area contributed by atoms with Crippen LogP contribution in [-0.4, -0.2) is 43.2 Å². The molecule has 1 saturated carbocycles. The predicted octanol–water partition coefficient (Wildman–Crippen LogP) is 0.363. The van der Waals surface area contributed by atoms with Crippen molar-refractivity contribution in [2.24, 2.45) is 0 Å². The van der Waals surface area contributed by atoms with Crippen LogP contribution in [0.15, 0.2) is 17.2 Å². The fourth-order valence-corrected chi connectivity index (χ4v) is 2.87. The van der Waals surface area contributed by atoms with Gasteiger partial charge in [0.25, 0.3) is 0 Å². The topological polar surface area (TPSA) is 115 Å². The van der Waals surface area contributed by atoms with Crippen molar-refractivity contribution in [1.29, 1.82) is 0 Å². The van der Waals surface area contributed by atoms with Crippen molar-refractivity contribution in [2.45, 2.75) is 30.7 Å². The second-order valence-corrected chi connectivity index (χ2v) is 6.40. The average molecular weight is 316 g/mol. The minimum atomic E-state index is -3.95. The largest absolute Gasteiger partial charge is 0.477 e. The average Bonchev–Trinajstić information content (AvgIpc) is 3.14. The molecular formula is C12H16N2O6S. The van der Waals surface area contributed by atoms with Crippen LogP contribution in [0.5, 0.6) is 0 Å². The first kappa shape index (κ1) is 15.5. The van der Waals surface area contributed by atoms with E-state index in [0.717, 1.165) is 18.9 Å². The van der Waals surface area contributed by atoms with Crippen LogP contribution in [0.25, 0.3) is 0 Å². The van der Waals surface area contributed by atoms with Crippen LogP contribution in [0.1, 0.15) is 36.3 Å². The lowest BCUT2D eigenvalue weighted by molar-refractivity contribution is -0.141. The van der Waals surface area contributed by atoms with Crippen LogP contribution < -0.4 is 4.72 Å². The third-order valence-electron chi connectivity index (χ3n) is 3.01. The Morgan fingerprint density at radius 3 is 2.67 bits per heavy atom. The second-order valence-electron chi connectivity index (χ2n) is 4.63. The zero-order valence-electron chi connectivity index (χ0n) is 11.4. The van der Waals surface area contributed by atoms with Crippen LogP contribution in [0.4, 0.5) is 0 Å². The van der Waals surface area contributed by atoms with E-state index in [-0.39, 0.29) is 23.2 Å². The van der Waals surface area contributed by atoms with Gasteiger partial charge in [0, 0.05) is 12.2 Å². The summed E-state index contributed by atoms with van der Waals surface area (Å²) in [5.74, 6) is -1.88. The number of hydrogen-bond acceptors (Lipinski definition) is 5. The summed E-state index contributed by atoms with van der Waals surface area (Å²) in [6, 6.07) is 1.12. The Morgan fingerprint density at radius 2 is 2.14 bits per heavy atom. The van der Waals surface area contributed by atoms with Gasteiger partial charge in [-0.25, -0.2) is 13.2 Å². The molecule has 0 aliphatic heterocycles. The monoisotopic (exact) mass is 316 g/mol. The van der Waals surface area contributed by atoms with Gasteiger partial charge in [0.05, 0.1) is 6.61 Å². The number of aromatic carboxylic acids is 1. The van der Waals surface area contributed by atoms with Crippen LogP contribution in [0.3, 0.4) is 0 Å². The zero-order chi connectivity index (χ0) is 15.6. The Balaban J connectivity index is 2.18. The summed E-state index contributed by atoms with van der Waals surface area (Å²) in [6.45, 7) is 1.27. The zero-order valence-corrected chi connectivity index (χ0v) is 12.2. The maximum absolute atomic E-state index is 12.0. The molecule has 1 aromatic heterocycles. The minimum Gasteiger partial charge on any atom is -0.477 e. The van der Waals surface area contributed by atoms with Gasteiger partial charge in [-0.3, -0.25) is 4.79 Å². The Hall–Kier alpha value is -1.87. The first-order valence-electron chi connectivity index (χ1n) is 6.45. The van der Waals surface area contributed by atoms with Gasteiger partial charge in [0.2, 0.25) is 10.0 Å². The number of esters is 1. The van der Waals surface area contributed by atoms with Crippen molar-refractivity contribution in [2.75, 3.05) is 13.2 Å². The Morgan fingerprint density at radius 1 is 1.48 bits per heavy atom. The third kappa shape index (κ3) is 3.61. The molecule has 0 unspecified atom stereocenters. The van der Waals surface area contributed by atoms with Crippen molar-refractivity contribution < 1.29 is 27.9 Å². The van der Waals surface area contributed by atoms with Crippen LogP contribution in [0, 0.1) is 0 Å². The highest BCUT2D eigenvalue weighted by Crippen LogP contribution is 2.37. The normalized spacial score (nSPS) is 14.9. The molecule has 0 aromatic carbocycles. The number of aromatic nitrogens is 1. The van der Waals surface area contributed by atoms with Gasteiger partial charge >= 0.3 is 11.9 Å². The van der Waals surface area contributed by atoms with Crippen LogP contribution >= 0.6 is 0 Å². The van der Waals surface area contributed by atoms with Crippen molar-refractivity contribution in [1.82, 2.24) is 9.29 Å². The van der Waals surface area contributed by atoms with E-state index in [0.29, 0.717) is 0 Å². The lowest BCUT2D eigenvalue weighted by Gasteiger charge is -2.04. The highest BCUT2D eigenvalue weighted by atomic mass is 32.2. The molecule has 2 rings (SSSR count). The Kier molecular flexibility index (Phi) is 4.33. The van der Waals surface area contributed by atoms with E-state index < -0.39 is 28.5 Å². The van der Waals surface area contributed by atoms with Crippen LogP contribution in [-0.2, 0) is 19.6 Å². The van der Waals surface area contributed by atoms with Crippen molar-refractivity contribution in [3.63, 3.8) is 0 Å². The number of carboxylic acids is 1. The number of rotatable bonds is 7. The van der Waals surface area contributed by atoms with E-state index in [2.05, 4.69) is 9.46 Å². The quantitative estimate of drug-likeness (QED) is 0.702. The Bertz CT molecular complexity index is 659. The highest BCUT2D eigenvalue weighted by Gasteiger charge is 2.30. The van der Waals surface area contributed by atoms with Crippen LogP contribution in [0.2, 0.25) is 0 Å². The summed E-state index contributed by atoms with van der Waals surface area (Å²) in [5, 5.41) is 9.10. The van der Waals surface area contributed by atoms with E-state index in [1.165, 1.54) is 10.8 Å². The van der Waals surface area contributed by atoms with E-state index in [4.69, 9.17) is 5.11 Å². The molecule has 116 valence electrons. The number of carbonyl (C=O) groups excluding carboxylic acids is 1.